The molecule has 0 unspecified atom stereocenters. The van der Waals surface area contributed by atoms with E-state index >= 15 is 0 Å². The smallest absolute Gasteiger partial charge is 0.0660 e. The summed E-state index contributed by atoms with van der Waals surface area (Å²) in [6.07, 6.45) is 5.84. The van der Waals surface area contributed by atoms with Crippen molar-refractivity contribution < 1.29 is 46.9 Å². The van der Waals surface area contributed by atoms with E-state index in [-0.39, 0.29) is 46.9 Å². The van der Waals surface area contributed by atoms with Crippen LogP contribution in [0.1, 0.15) is 45.1 Å². The molecule has 1 aliphatic rings. The molecule has 1 aromatic carbocycles. The fourth-order valence-corrected chi connectivity index (χ4v) is 2.17. The van der Waals surface area contributed by atoms with E-state index in [0.29, 0.717) is 0 Å². The number of para-hydroxylation sites is 1. The van der Waals surface area contributed by atoms with E-state index in [4.69, 9.17) is 4.99 Å². The van der Waals surface area contributed by atoms with Crippen molar-refractivity contribution in [1.29, 1.82) is 0 Å². The molecule has 0 bridgehead atoms. The largest absolute Gasteiger partial charge is 0.316 e. The van der Waals surface area contributed by atoms with Crippen molar-refractivity contribution in [3.63, 3.8) is 0 Å². The second-order valence-electron chi connectivity index (χ2n) is 4.62. The van der Waals surface area contributed by atoms with Gasteiger partial charge in [0.25, 0.3) is 0 Å². The van der Waals surface area contributed by atoms with Gasteiger partial charge in [0.05, 0.1) is 5.69 Å². The molecule has 0 spiro atoms. The summed E-state index contributed by atoms with van der Waals surface area (Å²) in [6.45, 7) is 4.45. The molecule has 1 aliphatic carbocycles. The van der Waals surface area contributed by atoms with Gasteiger partial charge in [-0.25, -0.2) is 0 Å². The van der Waals surface area contributed by atoms with Crippen LogP contribution in [0.4, 0.5) is 5.69 Å². The summed E-state index contributed by atoms with van der Waals surface area (Å²) in [4.78, 5) is 4.83. The minimum absolute atomic E-state index is 0. The van der Waals surface area contributed by atoms with Crippen LogP contribution in [0, 0.1) is 52.8 Å². The number of aryl methyl sites for hydroxylation is 1. The second kappa shape index (κ2) is 7.76. The number of nitrogens with zero attached hydrogens (tertiary/aromatic N) is 1. The van der Waals surface area contributed by atoms with E-state index < -0.39 is 0 Å². The van der Waals surface area contributed by atoms with Crippen LogP contribution in [0.3, 0.4) is 0 Å². The molecule has 0 aliphatic heterocycles. The zero-order valence-corrected chi connectivity index (χ0v) is 12.3. The maximum atomic E-state index is 4.83. The molecule has 17 heavy (non-hydrogen) atoms. The summed E-state index contributed by atoms with van der Waals surface area (Å²) >= 11 is 0. The molecule has 0 heterocycles. The van der Waals surface area contributed by atoms with Crippen LogP contribution in [-0.4, -0.2) is 5.71 Å². The van der Waals surface area contributed by atoms with Gasteiger partial charge < -0.3 is 5.92 Å². The molecule has 1 fully saturated rings. The molecular weight excluding hydrogens is 367 g/mol. The third-order valence-corrected chi connectivity index (χ3v) is 3.33. The van der Waals surface area contributed by atoms with Gasteiger partial charge in [-0.1, -0.05) is 25.1 Å². The first kappa shape index (κ1) is 15.5. The van der Waals surface area contributed by atoms with E-state index in [2.05, 4.69) is 38.1 Å². The number of hydrogen-bond donors (Lipinski definition) is 0. The molecule has 0 atom stereocenters. The quantitative estimate of drug-likeness (QED) is 0.663. The van der Waals surface area contributed by atoms with E-state index in [1.165, 1.54) is 29.8 Å². The molecule has 0 amide bonds. The van der Waals surface area contributed by atoms with E-state index in [0.717, 1.165) is 19.3 Å². The summed E-state index contributed by atoms with van der Waals surface area (Å²) in [6, 6.07) is 8.50. The Morgan fingerprint density at radius 3 is 2.47 bits per heavy atom. The first-order valence-corrected chi connectivity index (χ1v) is 6.25. The zero-order chi connectivity index (χ0) is 11.4. The van der Waals surface area contributed by atoms with Gasteiger partial charge in [0.2, 0.25) is 0 Å². The Labute approximate surface area is 143 Å². The second-order valence-corrected chi connectivity index (χ2v) is 4.62. The van der Waals surface area contributed by atoms with E-state index in [9.17, 15) is 0 Å². The number of aliphatic imine (C=N–C) groups is 1. The minimum atomic E-state index is 0. The Balaban J connectivity index is 0.00000144. The molecule has 2 rings (SSSR count). The summed E-state index contributed by atoms with van der Waals surface area (Å²) in [5, 5.41) is 0. The van der Waals surface area contributed by atoms with Crippen molar-refractivity contribution in [1.82, 2.24) is 0 Å². The SMILES string of the molecule is CCc1ccccc1N=C1CC[C-](C)CC1.[Yb]. The van der Waals surface area contributed by atoms with Gasteiger partial charge in [-0.3, -0.25) is 4.99 Å². The topological polar surface area (TPSA) is 12.4 Å². The van der Waals surface area contributed by atoms with Crippen molar-refractivity contribution in [3.05, 3.63) is 35.7 Å². The van der Waals surface area contributed by atoms with Crippen LogP contribution in [0.5, 0.6) is 0 Å². The normalized spacial score (nSPS) is 16.5. The molecule has 1 aromatic rings. The summed E-state index contributed by atoms with van der Waals surface area (Å²) < 4.78 is 0. The third kappa shape index (κ3) is 4.54. The summed E-state index contributed by atoms with van der Waals surface area (Å²) in [5.74, 6) is 1.63. The van der Waals surface area contributed by atoms with Crippen molar-refractivity contribution in [2.45, 2.75) is 46.0 Å². The number of rotatable bonds is 2. The van der Waals surface area contributed by atoms with Crippen molar-refractivity contribution in [3.8, 4) is 0 Å². The molecule has 0 saturated heterocycles. The van der Waals surface area contributed by atoms with Crippen molar-refractivity contribution in [2.24, 2.45) is 4.99 Å². The molecule has 0 N–H and O–H groups in total. The van der Waals surface area contributed by atoms with Gasteiger partial charge >= 0.3 is 0 Å². The van der Waals surface area contributed by atoms with Crippen molar-refractivity contribution >= 4 is 11.4 Å². The molecule has 1 nitrogen and oxygen atoms in total. The van der Waals surface area contributed by atoms with Crippen LogP contribution in [0.25, 0.3) is 0 Å². The summed E-state index contributed by atoms with van der Waals surface area (Å²) in [5.41, 5.74) is 3.92. The molecule has 1 saturated carbocycles. The van der Waals surface area contributed by atoms with Gasteiger partial charge in [-0.15, -0.1) is 0 Å². The van der Waals surface area contributed by atoms with Crippen LogP contribution in [-0.2, 0) is 6.42 Å². The van der Waals surface area contributed by atoms with Gasteiger partial charge in [0.1, 0.15) is 0 Å². The predicted octanol–water partition coefficient (Wildman–Crippen LogP) is 4.49. The van der Waals surface area contributed by atoms with Crippen LogP contribution < -0.4 is 0 Å². The molecule has 0 aromatic heterocycles. The zero-order valence-electron chi connectivity index (χ0n) is 10.6. The molecule has 2 heteroatoms. The monoisotopic (exact) mass is 388 g/mol. The molecular formula is C15H20NYb-. The van der Waals surface area contributed by atoms with Gasteiger partial charge in [0, 0.05) is 52.6 Å². The van der Waals surface area contributed by atoms with Crippen LogP contribution >= 0.6 is 0 Å². The maximum absolute atomic E-state index is 4.83. The minimum Gasteiger partial charge on any atom is -0.316 e. The van der Waals surface area contributed by atoms with Crippen LogP contribution in [0.15, 0.2) is 29.3 Å². The third-order valence-electron chi connectivity index (χ3n) is 3.33. The Kier molecular flexibility index (Phi) is 7.06. The number of benzene rings is 1. The maximum Gasteiger partial charge on any atom is 0.0660 e. The average molecular weight is 387 g/mol. The number of hydrogen-bond acceptors (Lipinski definition) is 1. The fourth-order valence-electron chi connectivity index (χ4n) is 2.17. The standard InChI is InChI=1S/C15H20N.Yb/c1-3-13-6-4-5-7-15(13)16-14-10-8-12(2)9-11-14;/h4-7H,3,8-11H2,1-2H3;/q-1;. The van der Waals surface area contributed by atoms with Crippen LogP contribution in [0.2, 0.25) is 0 Å². The Hall–Kier alpha value is 0.409. The van der Waals surface area contributed by atoms with E-state index in [1.54, 1.807) is 5.92 Å². The van der Waals surface area contributed by atoms with Gasteiger partial charge in [0.15, 0.2) is 0 Å². The molecule has 0 radical (unpaired) electrons. The van der Waals surface area contributed by atoms with Gasteiger partial charge in [-0.2, -0.15) is 19.8 Å². The predicted molar refractivity (Wildman–Crippen MR) is 70.3 cm³/mol. The first-order chi connectivity index (χ1) is 7.79. The Morgan fingerprint density at radius 2 is 1.82 bits per heavy atom. The molecule has 100 valence electrons. The Morgan fingerprint density at radius 1 is 1.18 bits per heavy atom. The Bertz CT molecular complexity index is 374. The van der Waals surface area contributed by atoms with E-state index in [1.807, 2.05) is 0 Å². The average Bonchev–Trinajstić information content (AvgIpc) is 2.33. The first-order valence-electron chi connectivity index (χ1n) is 6.25. The van der Waals surface area contributed by atoms with Gasteiger partial charge in [-0.05, 0) is 30.9 Å². The fraction of sp³-hybridized carbons (Fsp3) is 0.467. The van der Waals surface area contributed by atoms with Crippen molar-refractivity contribution in [2.75, 3.05) is 0 Å². The summed E-state index contributed by atoms with van der Waals surface area (Å²) in [7, 11) is 0.